The smallest absolute Gasteiger partial charge is 0.212 e. The molecule has 0 spiro atoms. The van der Waals surface area contributed by atoms with E-state index in [0.717, 1.165) is 0 Å². The zero-order chi connectivity index (χ0) is 9.28. The molecule has 0 radical (unpaired) electrons. The minimum Gasteiger partial charge on any atom is -0.212 e. The Morgan fingerprint density at radius 3 is 1.64 bits per heavy atom. The highest BCUT2D eigenvalue weighted by Gasteiger charge is 2.25. The molecule has 0 rings (SSSR count). The maximum absolute atomic E-state index is 10.4. The minimum absolute atomic E-state index is 0.750. The highest BCUT2D eigenvalue weighted by atomic mass is 79.9. The standard InChI is InChI=1S/C2H3BrCl2O4S2/c3-2(11(5,8)9)1-10(4,6)7/h2H,1H2. The van der Waals surface area contributed by atoms with Crippen molar-refractivity contribution in [2.45, 2.75) is 4.16 Å². The summed E-state index contributed by atoms with van der Waals surface area (Å²) in [7, 11) is 1.79. The van der Waals surface area contributed by atoms with E-state index in [2.05, 4.69) is 15.9 Å². The monoisotopic (exact) mass is 304 g/mol. The van der Waals surface area contributed by atoms with Crippen molar-refractivity contribution in [3.8, 4) is 0 Å². The topological polar surface area (TPSA) is 68.3 Å². The molecule has 0 saturated carbocycles. The molecule has 0 aromatic carbocycles. The van der Waals surface area contributed by atoms with Crippen molar-refractivity contribution in [2.75, 3.05) is 5.75 Å². The van der Waals surface area contributed by atoms with E-state index in [9.17, 15) is 16.8 Å². The van der Waals surface area contributed by atoms with Crippen LogP contribution in [0.5, 0.6) is 0 Å². The lowest BCUT2D eigenvalue weighted by atomic mass is 11.0. The summed E-state index contributed by atoms with van der Waals surface area (Å²) >= 11 is 2.55. The zero-order valence-corrected chi connectivity index (χ0v) is 9.60. The molecule has 0 saturated heterocycles. The first-order chi connectivity index (χ1) is 4.63. The molecule has 11 heavy (non-hydrogen) atoms. The van der Waals surface area contributed by atoms with E-state index in [1.807, 2.05) is 0 Å². The van der Waals surface area contributed by atoms with Gasteiger partial charge in [-0.15, -0.1) is 0 Å². The van der Waals surface area contributed by atoms with Gasteiger partial charge in [0, 0.05) is 21.4 Å². The Morgan fingerprint density at radius 2 is 1.55 bits per heavy atom. The third-order valence-electron chi connectivity index (χ3n) is 0.636. The fourth-order valence-corrected chi connectivity index (χ4v) is 4.30. The molecular weight excluding hydrogens is 303 g/mol. The van der Waals surface area contributed by atoms with Crippen LogP contribution >= 0.6 is 37.3 Å². The van der Waals surface area contributed by atoms with Crippen LogP contribution in [0.3, 0.4) is 0 Å². The average molecular weight is 306 g/mol. The Hall–Kier alpha value is 0.960. The summed E-state index contributed by atoms with van der Waals surface area (Å²) in [5, 5.41) is 0. The van der Waals surface area contributed by atoms with E-state index >= 15 is 0 Å². The molecule has 68 valence electrons. The summed E-state index contributed by atoms with van der Waals surface area (Å²) in [6, 6.07) is 0. The van der Waals surface area contributed by atoms with Crippen molar-refractivity contribution in [2.24, 2.45) is 0 Å². The number of rotatable bonds is 3. The molecule has 0 heterocycles. The van der Waals surface area contributed by atoms with Gasteiger partial charge in [-0.2, -0.15) is 0 Å². The van der Waals surface area contributed by atoms with Crippen LogP contribution in [0, 0.1) is 0 Å². The first-order valence-electron chi connectivity index (χ1n) is 2.13. The molecular formula is C2H3BrCl2O4S2. The lowest BCUT2D eigenvalue weighted by Gasteiger charge is -2.00. The average Bonchev–Trinajstić information content (AvgIpc) is 1.56. The van der Waals surface area contributed by atoms with Gasteiger partial charge in [0.25, 0.3) is 0 Å². The van der Waals surface area contributed by atoms with Crippen molar-refractivity contribution in [3.05, 3.63) is 0 Å². The molecule has 1 atom stereocenters. The normalized spacial score (nSPS) is 16.3. The second-order valence-corrected chi connectivity index (χ2v) is 8.93. The van der Waals surface area contributed by atoms with E-state index in [4.69, 9.17) is 21.4 Å². The largest absolute Gasteiger partial charge is 0.246 e. The predicted molar refractivity (Wildman–Crippen MR) is 47.1 cm³/mol. The Labute approximate surface area is 81.8 Å². The molecule has 1 unspecified atom stereocenters. The summed E-state index contributed by atoms with van der Waals surface area (Å²) < 4.78 is 40.0. The molecule has 0 fully saturated rings. The van der Waals surface area contributed by atoms with Crippen molar-refractivity contribution < 1.29 is 16.8 Å². The molecule has 9 heteroatoms. The van der Waals surface area contributed by atoms with Crippen LogP contribution in [0.15, 0.2) is 0 Å². The van der Waals surface area contributed by atoms with Crippen molar-refractivity contribution in [1.82, 2.24) is 0 Å². The van der Waals surface area contributed by atoms with Crippen molar-refractivity contribution in [1.29, 1.82) is 0 Å². The van der Waals surface area contributed by atoms with Gasteiger partial charge in [-0.05, 0) is 0 Å². The van der Waals surface area contributed by atoms with Crippen LogP contribution in [-0.4, -0.2) is 26.7 Å². The van der Waals surface area contributed by atoms with Crippen LogP contribution in [0.4, 0.5) is 0 Å². The molecule has 0 aliphatic heterocycles. The van der Waals surface area contributed by atoms with Gasteiger partial charge < -0.3 is 0 Å². The molecule has 0 aromatic heterocycles. The summed E-state index contributed by atoms with van der Waals surface area (Å²) in [5.41, 5.74) is 0. The van der Waals surface area contributed by atoms with Crippen LogP contribution in [-0.2, 0) is 18.1 Å². The van der Waals surface area contributed by atoms with Crippen molar-refractivity contribution >= 4 is 55.4 Å². The van der Waals surface area contributed by atoms with Crippen LogP contribution in [0.25, 0.3) is 0 Å². The summed E-state index contributed by atoms with van der Waals surface area (Å²) in [5.74, 6) is -0.750. The third kappa shape index (κ3) is 6.15. The van der Waals surface area contributed by atoms with Crippen LogP contribution < -0.4 is 0 Å². The second-order valence-electron chi connectivity index (χ2n) is 1.59. The fraction of sp³-hybridized carbons (Fsp3) is 1.00. The second kappa shape index (κ2) is 3.78. The number of halogens is 3. The van der Waals surface area contributed by atoms with Gasteiger partial charge in [0.15, 0.2) is 0 Å². The number of hydrogen-bond acceptors (Lipinski definition) is 4. The summed E-state index contributed by atoms with van der Waals surface area (Å²) in [4.78, 5) is 0. The number of alkyl halides is 1. The first-order valence-corrected chi connectivity index (χ1v) is 7.89. The Morgan fingerprint density at radius 1 is 1.18 bits per heavy atom. The van der Waals surface area contributed by atoms with E-state index in [-0.39, 0.29) is 0 Å². The molecule has 0 N–H and O–H groups in total. The maximum atomic E-state index is 10.4. The van der Waals surface area contributed by atoms with E-state index in [1.165, 1.54) is 0 Å². The fourth-order valence-electron chi connectivity index (χ4n) is 0.238. The molecule has 0 aliphatic carbocycles. The Balaban J connectivity index is 4.47. The number of hydrogen-bond donors (Lipinski definition) is 0. The Kier molecular flexibility index (Phi) is 4.11. The van der Waals surface area contributed by atoms with Gasteiger partial charge >= 0.3 is 0 Å². The first kappa shape index (κ1) is 12.0. The van der Waals surface area contributed by atoms with Crippen molar-refractivity contribution in [3.63, 3.8) is 0 Å². The lowest BCUT2D eigenvalue weighted by molar-refractivity contribution is 0.600. The van der Waals surface area contributed by atoms with Crippen LogP contribution in [0.1, 0.15) is 0 Å². The molecule has 0 bridgehead atoms. The highest BCUT2D eigenvalue weighted by molar-refractivity contribution is 9.11. The van der Waals surface area contributed by atoms with Gasteiger partial charge in [-0.1, -0.05) is 15.9 Å². The molecule has 4 nitrogen and oxygen atoms in total. The SMILES string of the molecule is O=S(=O)(Cl)CC(Br)S(=O)(=O)Cl. The van der Waals surface area contributed by atoms with E-state index in [0.29, 0.717) is 0 Å². The molecule has 0 aromatic rings. The van der Waals surface area contributed by atoms with E-state index in [1.54, 1.807) is 0 Å². The molecule has 0 amide bonds. The highest BCUT2D eigenvalue weighted by Crippen LogP contribution is 2.17. The molecule has 0 aliphatic rings. The van der Waals surface area contributed by atoms with Crippen LogP contribution in [0.2, 0.25) is 0 Å². The summed E-state index contributed by atoms with van der Waals surface area (Å²) in [6.07, 6.45) is 0. The van der Waals surface area contributed by atoms with Gasteiger partial charge in [0.1, 0.15) is 4.16 Å². The summed E-state index contributed by atoms with van der Waals surface area (Å²) in [6.45, 7) is 0. The van der Waals surface area contributed by atoms with Gasteiger partial charge in [-0.25, -0.2) is 16.8 Å². The third-order valence-corrected chi connectivity index (χ3v) is 6.25. The lowest BCUT2D eigenvalue weighted by Crippen LogP contribution is -2.17. The van der Waals surface area contributed by atoms with Gasteiger partial charge in [0.05, 0.1) is 5.75 Å². The predicted octanol–water partition coefficient (Wildman–Crippen LogP) is 0.845. The van der Waals surface area contributed by atoms with Gasteiger partial charge in [-0.3, -0.25) is 0 Å². The zero-order valence-electron chi connectivity index (χ0n) is 4.87. The quantitative estimate of drug-likeness (QED) is 0.572. The van der Waals surface area contributed by atoms with E-state index < -0.39 is 28.0 Å². The minimum atomic E-state index is -3.91. The van der Waals surface area contributed by atoms with Gasteiger partial charge in [0.2, 0.25) is 18.1 Å². The maximum Gasteiger partial charge on any atom is 0.246 e. The Bertz CT molecular complexity index is 318.